The quantitative estimate of drug-likeness (QED) is 0.299. The molecule has 0 aliphatic carbocycles. The first-order valence-electron chi connectivity index (χ1n) is 4.02. The van der Waals surface area contributed by atoms with Crippen LogP contribution in [0.5, 0.6) is 0 Å². The van der Waals surface area contributed by atoms with E-state index in [1.807, 2.05) is 0 Å². The van der Waals surface area contributed by atoms with Crippen molar-refractivity contribution in [1.82, 2.24) is 0 Å². The van der Waals surface area contributed by atoms with Gasteiger partial charge >= 0.3 is 20.4 Å². The fourth-order valence-electron chi connectivity index (χ4n) is 0.892. The Kier molecular flexibility index (Phi) is 8.98. The summed E-state index contributed by atoms with van der Waals surface area (Å²) in [6.07, 6.45) is 6.33. The zero-order valence-electron chi connectivity index (χ0n) is 6.53. The topological polar surface area (TPSA) is 0 Å². The number of unbranched alkanes of at least 4 members (excludes halogenated alkanes) is 2. The predicted octanol–water partition coefficient (Wildman–Crippen LogP) is 2.90. The molecule has 0 saturated heterocycles. The molecule has 50 valence electrons. The Morgan fingerprint density at radius 2 is 2.22 bits per heavy atom. The van der Waals surface area contributed by atoms with Crippen molar-refractivity contribution in [2.24, 2.45) is 0 Å². The molecule has 0 fully saturated rings. The lowest BCUT2D eigenvalue weighted by Gasteiger charge is -1.92. The van der Waals surface area contributed by atoms with Crippen LogP contribution in [0.2, 0.25) is 9.10 Å². The van der Waals surface area contributed by atoms with Crippen LogP contribution in [0.4, 0.5) is 0 Å². The lowest BCUT2D eigenvalue weighted by Crippen LogP contribution is -1.85. The molecule has 0 spiro atoms. The average molecular weight is 137 g/mol. The molecule has 0 unspecified atom stereocenters. The molecular weight excluding hydrogens is 120 g/mol. The van der Waals surface area contributed by atoms with E-state index >= 15 is 0 Å². The maximum Gasteiger partial charge on any atom is 0.369 e. The second-order valence-corrected chi connectivity index (χ2v) is 4.48. The van der Waals surface area contributed by atoms with Gasteiger partial charge in [-0.1, -0.05) is 26.2 Å². The molecule has 0 aliphatic rings. The first kappa shape index (κ1) is 9.51. The van der Waals surface area contributed by atoms with Crippen molar-refractivity contribution in [2.45, 2.75) is 35.3 Å². The Balaban J connectivity index is 2.66. The maximum atomic E-state index is 3.71. The number of allylic oxidation sites excluding steroid dienone is 1. The minimum Gasteiger partial charge on any atom is -0.145 e. The number of hydrogen-bond acceptors (Lipinski definition) is 0. The van der Waals surface area contributed by atoms with Gasteiger partial charge in [0.2, 0.25) is 0 Å². The third kappa shape index (κ3) is 8.51. The van der Waals surface area contributed by atoms with Gasteiger partial charge in [-0.3, -0.25) is 0 Å². The SMILES string of the molecule is C=C[CH2][Mg][CH2]CCCC. The largest absolute Gasteiger partial charge is 0.369 e. The van der Waals surface area contributed by atoms with Crippen molar-refractivity contribution in [3.63, 3.8) is 0 Å². The summed E-state index contributed by atoms with van der Waals surface area (Å²) in [4.78, 5) is 0. The zero-order valence-corrected chi connectivity index (χ0v) is 7.94. The van der Waals surface area contributed by atoms with Gasteiger partial charge in [-0.25, -0.2) is 0 Å². The smallest absolute Gasteiger partial charge is 0.145 e. The Labute approximate surface area is 68.4 Å². The Bertz CT molecular complexity index is 59.6. The standard InChI is InChI=1S/C5H11.C3H5.Mg/c1-3-5-4-2;1-3-2;/h1,3-5H2,2H3;3H,1-2H2;. The Morgan fingerprint density at radius 1 is 1.44 bits per heavy atom. The molecule has 9 heavy (non-hydrogen) atoms. The minimum atomic E-state index is 0.273. The van der Waals surface area contributed by atoms with Crippen molar-refractivity contribution in [2.75, 3.05) is 0 Å². The predicted molar refractivity (Wildman–Crippen MR) is 45.1 cm³/mol. The highest BCUT2D eigenvalue weighted by atomic mass is 24.5. The summed E-state index contributed by atoms with van der Waals surface area (Å²) in [6.45, 7) is 5.97. The van der Waals surface area contributed by atoms with E-state index in [4.69, 9.17) is 0 Å². The minimum absolute atomic E-state index is 0.273. The first-order chi connectivity index (χ1) is 4.41. The van der Waals surface area contributed by atoms with Crippen LogP contribution in [0.1, 0.15) is 26.2 Å². The molecule has 0 rings (SSSR count). The van der Waals surface area contributed by atoms with E-state index in [1.165, 1.54) is 28.4 Å². The molecule has 0 nitrogen and oxygen atoms in total. The van der Waals surface area contributed by atoms with E-state index in [1.54, 1.807) is 0 Å². The number of rotatable bonds is 6. The molecule has 0 aromatic carbocycles. The number of hydrogen-bond donors (Lipinski definition) is 0. The molecule has 0 atom stereocenters. The van der Waals surface area contributed by atoms with Gasteiger partial charge in [0.15, 0.2) is 0 Å². The van der Waals surface area contributed by atoms with Gasteiger partial charge in [-0.2, -0.15) is 0 Å². The normalized spacial score (nSPS) is 8.56. The van der Waals surface area contributed by atoms with E-state index in [-0.39, 0.29) is 20.4 Å². The summed E-state index contributed by atoms with van der Waals surface area (Å²) >= 11 is 0.273. The van der Waals surface area contributed by atoms with Crippen LogP contribution in [0.15, 0.2) is 12.7 Å². The van der Waals surface area contributed by atoms with Crippen molar-refractivity contribution < 1.29 is 0 Å². The van der Waals surface area contributed by atoms with Crippen molar-refractivity contribution in [3.8, 4) is 0 Å². The van der Waals surface area contributed by atoms with Crippen LogP contribution in [-0.4, -0.2) is 20.4 Å². The molecule has 0 N–H and O–H groups in total. The lowest BCUT2D eigenvalue weighted by atomic mass is 10.3. The summed E-state index contributed by atoms with van der Waals surface area (Å²) in [5, 5.41) is 0. The Hall–Kier alpha value is 0.506. The summed E-state index contributed by atoms with van der Waals surface area (Å²) in [5.74, 6) is 0. The van der Waals surface area contributed by atoms with Gasteiger partial charge in [0.1, 0.15) is 0 Å². The molecule has 0 aliphatic heterocycles. The summed E-state index contributed by atoms with van der Waals surface area (Å²) < 4.78 is 2.86. The molecule has 0 heterocycles. The van der Waals surface area contributed by atoms with Gasteiger partial charge in [-0.05, 0) is 0 Å². The molecule has 0 aromatic heterocycles. The highest BCUT2D eigenvalue weighted by Gasteiger charge is 1.90. The second kappa shape index (κ2) is 8.51. The highest BCUT2D eigenvalue weighted by molar-refractivity contribution is 6.35. The van der Waals surface area contributed by atoms with E-state index < -0.39 is 0 Å². The van der Waals surface area contributed by atoms with Crippen LogP contribution in [0, 0.1) is 0 Å². The summed E-state index contributed by atoms with van der Waals surface area (Å²) in [5.41, 5.74) is 0. The molecule has 1 heteroatoms. The molecular formula is C8H16Mg. The van der Waals surface area contributed by atoms with Gasteiger partial charge in [0.05, 0.1) is 0 Å². The van der Waals surface area contributed by atoms with Gasteiger partial charge < -0.3 is 0 Å². The van der Waals surface area contributed by atoms with E-state index in [0.29, 0.717) is 0 Å². The molecule has 0 radical (unpaired) electrons. The van der Waals surface area contributed by atoms with Gasteiger partial charge in [0.25, 0.3) is 0 Å². The third-order valence-corrected chi connectivity index (χ3v) is 3.33. The monoisotopic (exact) mass is 136 g/mol. The highest BCUT2D eigenvalue weighted by Crippen LogP contribution is 1.99. The maximum absolute atomic E-state index is 3.71. The summed E-state index contributed by atoms with van der Waals surface area (Å²) in [6, 6.07) is 0. The van der Waals surface area contributed by atoms with Crippen molar-refractivity contribution in [3.05, 3.63) is 12.7 Å². The molecule has 0 aromatic rings. The fraction of sp³-hybridized carbons (Fsp3) is 0.750. The van der Waals surface area contributed by atoms with Crippen molar-refractivity contribution >= 4 is 20.4 Å². The first-order valence-corrected chi connectivity index (χ1v) is 6.02. The summed E-state index contributed by atoms with van der Waals surface area (Å²) in [7, 11) is 0. The zero-order chi connectivity index (χ0) is 6.95. The van der Waals surface area contributed by atoms with Crippen LogP contribution in [0.3, 0.4) is 0 Å². The van der Waals surface area contributed by atoms with E-state index in [0.717, 1.165) is 0 Å². The van der Waals surface area contributed by atoms with Crippen LogP contribution in [-0.2, 0) is 0 Å². The van der Waals surface area contributed by atoms with E-state index in [2.05, 4.69) is 19.6 Å². The van der Waals surface area contributed by atoms with Crippen LogP contribution in [0.25, 0.3) is 0 Å². The second-order valence-electron chi connectivity index (χ2n) is 2.49. The van der Waals surface area contributed by atoms with Crippen molar-refractivity contribution in [1.29, 1.82) is 0 Å². The third-order valence-electron chi connectivity index (χ3n) is 1.51. The fourth-order valence-corrected chi connectivity index (χ4v) is 2.18. The Morgan fingerprint density at radius 3 is 2.78 bits per heavy atom. The van der Waals surface area contributed by atoms with Gasteiger partial charge in [-0.15, -0.1) is 21.8 Å². The van der Waals surface area contributed by atoms with E-state index in [9.17, 15) is 0 Å². The van der Waals surface area contributed by atoms with Gasteiger partial charge in [0, 0.05) is 0 Å². The van der Waals surface area contributed by atoms with Crippen LogP contribution >= 0.6 is 0 Å². The average Bonchev–Trinajstić information content (AvgIpc) is 1.89. The van der Waals surface area contributed by atoms with Crippen LogP contribution < -0.4 is 0 Å². The molecule has 0 saturated carbocycles. The molecule has 0 bridgehead atoms. The molecule has 0 amide bonds. The lowest BCUT2D eigenvalue weighted by molar-refractivity contribution is 0.768.